The highest BCUT2D eigenvalue weighted by Crippen LogP contribution is 2.45. The lowest BCUT2D eigenvalue weighted by Crippen LogP contribution is -2.01. The first kappa shape index (κ1) is 36.4. The number of para-hydroxylation sites is 5. The van der Waals surface area contributed by atoms with Gasteiger partial charge in [0, 0.05) is 66.1 Å². The van der Waals surface area contributed by atoms with Crippen LogP contribution < -0.4 is 0 Å². The van der Waals surface area contributed by atoms with Gasteiger partial charge in [-0.05, 0) is 89.5 Å². The second-order valence-electron chi connectivity index (χ2n) is 17.2. The summed E-state index contributed by atoms with van der Waals surface area (Å²) in [5, 5.41) is 19.5. The van der Waals surface area contributed by atoms with E-state index in [0.29, 0.717) is 5.56 Å². The van der Waals surface area contributed by atoms with E-state index in [4.69, 9.17) is 4.42 Å². The van der Waals surface area contributed by atoms with Gasteiger partial charge in [0.2, 0.25) is 0 Å². The lowest BCUT2D eigenvalue weighted by Gasteiger charge is -2.18. The highest BCUT2D eigenvalue weighted by atomic mass is 16.3. The second-order valence-corrected chi connectivity index (χ2v) is 17.2. The van der Waals surface area contributed by atoms with E-state index >= 15 is 0 Å². The zero-order valence-electron chi connectivity index (χ0n) is 35.5. The molecular formula is C61H36N4O. The lowest BCUT2D eigenvalue weighted by molar-refractivity contribution is 0.669. The smallest absolute Gasteiger partial charge is 0.137 e. The molecule has 0 fully saturated rings. The minimum Gasteiger partial charge on any atom is -0.456 e. The van der Waals surface area contributed by atoms with Crippen LogP contribution in [-0.4, -0.2) is 13.7 Å². The van der Waals surface area contributed by atoms with E-state index in [2.05, 4.69) is 202 Å². The van der Waals surface area contributed by atoms with Crippen LogP contribution in [0.25, 0.3) is 127 Å². The van der Waals surface area contributed by atoms with E-state index in [0.717, 1.165) is 88.7 Å². The molecule has 14 aromatic rings. The van der Waals surface area contributed by atoms with Crippen molar-refractivity contribution in [1.82, 2.24) is 13.7 Å². The Hall–Kier alpha value is -9.11. The molecule has 0 aliphatic rings. The Bertz CT molecular complexity index is 4360. The molecule has 14 rings (SSSR count). The van der Waals surface area contributed by atoms with Crippen molar-refractivity contribution in [2.24, 2.45) is 0 Å². The van der Waals surface area contributed by atoms with Crippen LogP contribution >= 0.6 is 0 Å². The van der Waals surface area contributed by atoms with Gasteiger partial charge in [-0.15, -0.1) is 0 Å². The number of nitriles is 1. The molecule has 0 saturated carbocycles. The van der Waals surface area contributed by atoms with Gasteiger partial charge >= 0.3 is 0 Å². The highest BCUT2D eigenvalue weighted by Gasteiger charge is 2.24. The molecule has 5 nitrogen and oxygen atoms in total. The van der Waals surface area contributed by atoms with Crippen LogP contribution in [0, 0.1) is 11.3 Å². The summed E-state index contributed by atoms with van der Waals surface area (Å²) >= 11 is 0. The minimum absolute atomic E-state index is 0.647. The van der Waals surface area contributed by atoms with Crippen LogP contribution in [0.15, 0.2) is 223 Å². The van der Waals surface area contributed by atoms with Gasteiger partial charge in [0.1, 0.15) is 11.2 Å². The lowest BCUT2D eigenvalue weighted by atomic mass is 9.95. The molecule has 4 aromatic heterocycles. The first-order chi connectivity index (χ1) is 32.7. The molecule has 10 aromatic carbocycles. The molecule has 0 aliphatic carbocycles. The van der Waals surface area contributed by atoms with Gasteiger partial charge in [-0.1, -0.05) is 140 Å². The number of benzene rings is 10. The molecule has 0 N–H and O–H groups in total. The number of furan rings is 1. The van der Waals surface area contributed by atoms with Gasteiger partial charge in [0.05, 0.1) is 50.4 Å². The zero-order valence-corrected chi connectivity index (χ0v) is 35.5. The predicted molar refractivity (Wildman–Crippen MR) is 272 cm³/mol. The van der Waals surface area contributed by atoms with Crippen molar-refractivity contribution >= 4 is 87.4 Å². The molecule has 0 atom stereocenters. The van der Waals surface area contributed by atoms with Crippen LogP contribution in [0.3, 0.4) is 0 Å². The molecular weight excluding hydrogens is 805 g/mol. The number of nitrogens with zero attached hydrogens (tertiary/aromatic N) is 4. The van der Waals surface area contributed by atoms with Crippen LogP contribution in [0.2, 0.25) is 0 Å². The van der Waals surface area contributed by atoms with Gasteiger partial charge in [-0.2, -0.15) is 5.26 Å². The maximum absolute atomic E-state index is 10.1. The Morgan fingerprint density at radius 1 is 0.348 bits per heavy atom. The normalized spacial score (nSPS) is 11.9. The molecule has 0 aliphatic heterocycles. The van der Waals surface area contributed by atoms with Crippen molar-refractivity contribution in [2.45, 2.75) is 0 Å². The fraction of sp³-hybridized carbons (Fsp3) is 0. The van der Waals surface area contributed by atoms with Crippen LogP contribution in [0.5, 0.6) is 0 Å². The molecule has 4 heterocycles. The Kier molecular flexibility index (Phi) is 7.69. The summed E-state index contributed by atoms with van der Waals surface area (Å²) in [6.07, 6.45) is 0. The third-order valence-corrected chi connectivity index (χ3v) is 13.7. The van der Waals surface area contributed by atoms with Gasteiger partial charge in [-0.3, -0.25) is 0 Å². The minimum atomic E-state index is 0.647. The number of aromatic nitrogens is 3. The average molecular weight is 841 g/mol. The quantitative estimate of drug-likeness (QED) is 0.173. The fourth-order valence-corrected chi connectivity index (χ4v) is 10.9. The van der Waals surface area contributed by atoms with Crippen molar-refractivity contribution < 1.29 is 4.42 Å². The number of hydrogen-bond acceptors (Lipinski definition) is 2. The first-order valence-electron chi connectivity index (χ1n) is 22.3. The van der Waals surface area contributed by atoms with Crippen LogP contribution in [0.4, 0.5) is 0 Å². The van der Waals surface area contributed by atoms with Crippen molar-refractivity contribution in [2.75, 3.05) is 0 Å². The van der Waals surface area contributed by atoms with Crippen LogP contribution in [-0.2, 0) is 0 Å². The van der Waals surface area contributed by atoms with E-state index in [9.17, 15) is 5.26 Å². The summed E-state index contributed by atoms with van der Waals surface area (Å²) in [6.45, 7) is 0. The molecule has 0 radical (unpaired) electrons. The van der Waals surface area contributed by atoms with E-state index in [-0.39, 0.29) is 0 Å². The fourth-order valence-electron chi connectivity index (χ4n) is 10.9. The number of rotatable bonds is 5. The van der Waals surface area contributed by atoms with E-state index in [1.54, 1.807) is 0 Å². The second kappa shape index (κ2) is 13.9. The standard InChI is InChI=1S/C61H36N4O/c62-37-40-15-4-5-20-43(40)38-16-14-17-39(33-38)44-30-29-42(34-56(44)65-53-26-11-7-22-46(53)50-35-51-47-23-9-13-28-58(47)66-59(51)36-57(50)65)63-54-27-12-8-24-49(54)60-55(63)32-31-48-45-21-6-10-25-52(45)64(61(48)60)41-18-2-1-3-19-41/h1-36H. The molecule has 66 heavy (non-hydrogen) atoms. The van der Waals surface area contributed by atoms with Crippen molar-refractivity contribution in [3.05, 3.63) is 224 Å². The molecule has 0 saturated heterocycles. The van der Waals surface area contributed by atoms with Crippen molar-refractivity contribution in [3.63, 3.8) is 0 Å². The van der Waals surface area contributed by atoms with Crippen molar-refractivity contribution in [1.29, 1.82) is 5.26 Å². The van der Waals surface area contributed by atoms with Gasteiger partial charge in [0.25, 0.3) is 0 Å². The Labute approximate surface area is 378 Å². The maximum atomic E-state index is 10.1. The third kappa shape index (κ3) is 5.15. The Morgan fingerprint density at radius 3 is 1.80 bits per heavy atom. The van der Waals surface area contributed by atoms with Gasteiger partial charge < -0.3 is 18.1 Å². The van der Waals surface area contributed by atoms with Crippen LogP contribution in [0.1, 0.15) is 5.56 Å². The monoisotopic (exact) mass is 840 g/mol. The van der Waals surface area contributed by atoms with Gasteiger partial charge in [0.15, 0.2) is 0 Å². The molecule has 0 bridgehead atoms. The Morgan fingerprint density at radius 2 is 1.00 bits per heavy atom. The number of hydrogen-bond donors (Lipinski definition) is 0. The SMILES string of the molecule is N#Cc1ccccc1-c1cccc(-c2ccc(-n3c4ccccc4c4c3ccc3c5ccccc5n(-c5ccccc5)c34)cc2-n2c3ccccc3c3cc4c(cc32)oc2ccccc24)c1. The summed E-state index contributed by atoms with van der Waals surface area (Å²) in [7, 11) is 0. The number of fused-ring (bicyclic) bond motifs is 13. The summed E-state index contributed by atoms with van der Waals surface area (Å²) in [5.74, 6) is 0. The van der Waals surface area contributed by atoms with E-state index in [1.807, 2.05) is 36.4 Å². The molecule has 306 valence electrons. The first-order valence-corrected chi connectivity index (χ1v) is 22.3. The highest BCUT2D eigenvalue weighted by molar-refractivity contribution is 6.26. The summed E-state index contributed by atoms with van der Waals surface area (Å²) in [6, 6.07) is 80.2. The molecule has 0 unspecified atom stereocenters. The summed E-state index contributed by atoms with van der Waals surface area (Å²) in [5.41, 5.74) is 16.4. The molecule has 5 heteroatoms. The zero-order chi connectivity index (χ0) is 43.5. The van der Waals surface area contributed by atoms with E-state index < -0.39 is 0 Å². The topological polar surface area (TPSA) is 51.7 Å². The third-order valence-electron chi connectivity index (χ3n) is 13.7. The summed E-state index contributed by atoms with van der Waals surface area (Å²) in [4.78, 5) is 0. The van der Waals surface area contributed by atoms with E-state index in [1.165, 1.54) is 38.0 Å². The Balaban J connectivity index is 1.10. The van der Waals surface area contributed by atoms with Gasteiger partial charge in [-0.25, -0.2) is 0 Å². The largest absolute Gasteiger partial charge is 0.456 e. The predicted octanol–water partition coefficient (Wildman–Crippen LogP) is 16.1. The molecule has 0 spiro atoms. The van der Waals surface area contributed by atoms with Crippen molar-refractivity contribution in [3.8, 4) is 45.4 Å². The average Bonchev–Trinajstić information content (AvgIpc) is 4.12. The summed E-state index contributed by atoms with van der Waals surface area (Å²) < 4.78 is 13.9. The maximum Gasteiger partial charge on any atom is 0.137 e. The molecule has 0 amide bonds.